The highest BCUT2D eigenvalue weighted by Crippen LogP contribution is 2.23. The van der Waals surface area contributed by atoms with E-state index in [9.17, 15) is 4.79 Å². The maximum absolute atomic E-state index is 12.3. The number of nitrogens with zero attached hydrogens (tertiary/aromatic N) is 5. The number of nitrogens with one attached hydrogen (secondary N) is 2. The maximum Gasteiger partial charge on any atom is 0.257 e. The van der Waals surface area contributed by atoms with E-state index in [4.69, 9.17) is 0 Å². The van der Waals surface area contributed by atoms with Gasteiger partial charge in [0.2, 0.25) is 0 Å². The van der Waals surface area contributed by atoms with E-state index in [2.05, 4.69) is 30.5 Å². The van der Waals surface area contributed by atoms with E-state index in [0.717, 1.165) is 5.82 Å². The third kappa shape index (κ3) is 3.15. The monoisotopic (exact) mass is 309 g/mol. The highest BCUT2D eigenvalue weighted by atomic mass is 16.1. The third-order valence-corrected chi connectivity index (χ3v) is 3.18. The predicted octanol–water partition coefficient (Wildman–Crippen LogP) is 1.58. The van der Waals surface area contributed by atoms with Gasteiger partial charge in [0.25, 0.3) is 5.91 Å². The zero-order valence-corrected chi connectivity index (χ0v) is 12.7. The average Bonchev–Trinajstić information content (AvgIpc) is 3.04. The summed E-state index contributed by atoms with van der Waals surface area (Å²) < 4.78 is 0. The first-order valence-electron chi connectivity index (χ1n) is 6.89. The molecule has 3 heterocycles. The van der Waals surface area contributed by atoms with Crippen molar-refractivity contribution in [1.82, 2.24) is 25.1 Å². The number of amides is 1. The molecular formula is C15H15N7O. The summed E-state index contributed by atoms with van der Waals surface area (Å²) >= 11 is 0. The molecule has 0 saturated carbocycles. The van der Waals surface area contributed by atoms with Crippen LogP contribution in [0.1, 0.15) is 10.4 Å². The number of H-pyrrole nitrogens is 1. The number of aromatic amines is 1. The molecule has 0 bridgehead atoms. The summed E-state index contributed by atoms with van der Waals surface area (Å²) in [6.45, 7) is 0. The van der Waals surface area contributed by atoms with E-state index in [0.29, 0.717) is 22.6 Å². The summed E-state index contributed by atoms with van der Waals surface area (Å²) in [6.07, 6.45) is 7.81. The first kappa shape index (κ1) is 14.6. The van der Waals surface area contributed by atoms with Gasteiger partial charge in [0.15, 0.2) is 0 Å². The zero-order chi connectivity index (χ0) is 16.2. The van der Waals surface area contributed by atoms with Gasteiger partial charge >= 0.3 is 0 Å². The van der Waals surface area contributed by atoms with Crippen molar-refractivity contribution in [2.45, 2.75) is 0 Å². The predicted molar refractivity (Wildman–Crippen MR) is 86.1 cm³/mol. The molecule has 0 spiro atoms. The first-order valence-corrected chi connectivity index (χ1v) is 6.89. The molecule has 0 saturated heterocycles. The highest BCUT2D eigenvalue weighted by Gasteiger charge is 2.13. The van der Waals surface area contributed by atoms with Crippen LogP contribution in [0.15, 0.2) is 43.1 Å². The molecule has 8 heteroatoms. The van der Waals surface area contributed by atoms with E-state index >= 15 is 0 Å². The molecule has 23 heavy (non-hydrogen) atoms. The molecule has 3 rings (SSSR count). The molecule has 116 valence electrons. The lowest BCUT2D eigenvalue weighted by Crippen LogP contribution is -2.14. The summed E-state index contributed by atoms with van der Waals surface area (Å²) in [4.78, 5) is 26.6. The Kier molecular flexibility index (Phi) is 3.96. The number of anilines is 2. The largest absolute Gasteiger partial charge is 0.363 e. The van der Waals surface area contributed by atoms with Gasteiger partial charge in [-0.25, -0.2) is 4.98 Å². The van der Waals surface area contributed by atoms with Crippen LogP contribution in [0.2, 0.25) is 0 Å². The van der Waals surface area contributed by atoms with Crippen molar-refractivity contribution in [1.29, 1.82) is 0 Å². The SMILES string of the molecule is CN(C)c1ccc(C(=O)Nc2cn[nH]c2-c2cnccn2)cn1. The molecule has 0 aromatic carbocycles. The molecule has 0 radical (unpaired) electrons. The minimum Gasteiger partial charge on any atom is -0.363 e. The fraction of sp³-hybridized carbons (Fsp3) is 0.133. The highest BCUT2D eigenvalue weighted by molar-refractivity contribution is 6.05. The van der Waals surface area contributed by atoms with E-state index in [1.807, 2.05) is 19.0 Å². The normalized spacial score (nSPS) is 10.3. The van der Waals surface area contributed by atoms with Gasteiger partial charge in [-0.05, 0) is 12.1 Å². The van der Waals surface area contributed by atoms with Crippen LogP contribution in [0.5, 0.6) is 0 Å². The van der Waals surface area contributed by atoms with Gasteiger partial charge < -0.3 is 10.2 Å². The summed E-state index contributed by atoms with van der Waals surface area (Å²) in [5.41, 5.74) is 2.19. The van der Waals surface area contributed by atoms with Crippen molar-refractivity contribution in [3.8, 4) is 11.4 Å². The van der Waals surface area contributed by atoms with Gasteiger partial charge in [0, 0.05) is 32.7 Å². The summed E-state index contributed by atoms with van der Waals surface area (Å²) in [5, 5.41) is 9.57. The van der Waals surface area contributed by atoms with Gasteiger partial charge in [-0.1, -0.05) is 0 Å². The molecular weight excluding hydrogens is 294 g/mol. The lowest BCUT2D eigenvalue weighted by atomic mass is 10.2. The molecule has 0 aliphatic heterocycles. The Bertz CT molecular complexity index is 796. The molecule has 0 aliphatic rings. The van der Waals surface area contributed by atoms with Crippen LogP contribution in [0.4, 0.5) is 11.5 Å². The molecule has 2 N–H and O–H groups in total. The molecule has 8 nitrogen and oxygen atoms in total. The van der Waals surface area contributed by atoms with Crippen LogP contribution >= 0.6 is 0 Å². The van der Waals surface area contributed by atoms with Crippen molar-refractivity contribution in [2.75, 3.05) is 24.3 Å². The average molecular weight is 309 g/mol. The Morgan fingerprint density at radius 3 is 2.65 bits per heavy atom. The molecule has 0 aliphatic carbocycles. The fourth-order valence-corrected chi connectivity index (χ4v) is 1.98. The molecule has 1 amide bonds. The van der Waals surface area contributed by atoms with Gasteiger partial charge in [-0.2, -0.15) is 5.10 Å². The number of aromatic nitrogens is 5. The van der Waals surface area contributed by atoms with Gasteiger partial charge in [-0.3, -0.25) is 19.9 Å². The van der Waals surface area contributed by atoms with E-state index in [1.165, 1.54) is 12.4 Å². The third-order valence-electron chi connectivity index (χ3n) is 3.18. The molecule has 3 aromatic rings. The van der Waals surface area contributed by atoms with Crippen LogP contribution < -0.4 is 10.2 Å². The summed E-state index contributed by atoms with van der Waals surface area (Å²) in [6, 6.07) is 3.51. The van der Waals surface area contributed by atoms with E-state index in [1.54, 1.807) is 30.7 Å². The van der Waals surface area contributed by atoms with Crippen molar-refractivity contribution < 1.29 is 4.79 Å². The lowest BCUT2D eigenvalue weighted by molar-refractivity contribution is 0.102. The first-order chi connectivity index (χ1) is 11.1. The van der Waals surface area contributed by atoms with Crippen LogP contribution in [0.25, 0.3) is 11.4 Å². The second-order valence-electron chi connectivity index (χ2n) is 5.00. The molecule has 3 aromatic heterocycles. The Morgan fingerprint density at radius 2 is 2.00 bits per heavy atom. The van der Waals surface area contributed by atoms with Gasteiger partial charge in [0.05, 0.1) is 23.6 Å². The second-order valence-corrected chi connectivity index (χ2v) is 5.00. The molecule has 0 fully saturated rings. The number of pyridine rings is 1. The van der Waals surface area contributed by atoms with Crippen LogP contribution in [0, 0.1) is 0 Å². The van der Waals surface area contributed by atoms with Crippen LogP contribution in [0.3, 0.4) is 0 Å². The Hall–Kier alpha value is -3.29. The standard InChI is InChI=1S/C15H15N7O/c1-22(2)13-4-3-10(7-18-13)15(23)20-12-9-19-21-14(12)11-8-16-5-6-17-11/h3-9H,1-2H3,(H,19,21)(H,20,23). The van der Waals surface area contributed by atoms with Crippen molar-refractivity contribution >= 4 is 17.4 Å². The number of rotatable bonds is 4. The number of hydrogen-bond donors (Lipinski definition) is 2. The van der Waals surface area contributed by atoms with Crippen molar-refractivity contribution in [3.05, 3.63) is 48.7 Å². The lowest BCUT2D eigenvalue weighted by Gasteiger charge is -2.11. The van der Waals surface area contributed by atoms with Gasteiger partial charge in [-0.15, -0.1) is 0 Å². The zero-order valence-electron chi connectivity index (χ0n) is 12.7. The molecule has 0 unspecified atom stereocenters. The maximum atomic E-state index is 12.3. The number of carbonyl (C=O) groups excluding carboxylic acids is 1. The minimum absolute atomic E-state index is 0.269. The summed E-state index contributed by atoms with van der Waals surface area (Å²) in [5.74, 6) is 0.513. The Balaban J connectivity index is 1.80. The summed E-state index contributed by atoms with van der Waals surface area (Å²) in [7, 11) is 3.78. The fourth-order valence-electron chi connectivity index (χ4n) is 1.98. The molecule has 0 atom stereocenters. The van der Waals surface area contributed by atoms with E-state index < -0.39 is 0 Å². The van der Waals surface area contributed by atoms with Gasteiger partial charge in [0.1, 0.15) is 17.2 Å². The Labute approximate surface area is 132 Å². The number of hydrogen-bond acceptors (Lipinski definition) is 6. The quantitative estimate of drug-likeness (QED) is 0.759. The second kappa shape index (κ2) is 6.22. The minimum atomic E-state index is -0.269. The van der Waals surface area contributed by atoms with Crippen molar-refractivity contribution in [2.24, 2.45) is 0 Å². The number of carbonyl (C=O) groups is 1. The van der Waals surface area contributed by atoms with Crippen LogP contribution in [-0.2, 0) is 0 Å². The topological polar surface area (TPSA) is 99.7 Å². The van der Waals surface area contributed by atoms with Crippen LogP contribution in [-0.4, -0.2) is 45.2 Å². The smallest absolute Gasteiger partial charge is 0.257 e. The van der Waals surface area contributed by atoms with Crippen molar-refractivity contribution in [3.63, 3.8) is 0 Å². The van der Waals surface area contributed by atoms with E-state index in [-0.39, 0.29) is 5.91 Å². The Morgan fingerprint density at radius 1 is 1.13 bits per heavy atom.